The molecule has 4 rings (SSSR count). The van der Waals surface area contributed by atoms with E-state index in [0.717, 1.165) is 12.8 Å². The molecule has 0 bridgehead atoms. The highest BCUT2D eigenvalue weighted by Gasteiger charge is 2.34. The van der Waals surface area contributed by atoms with Crippen LogP contribution in [0.25, 0.3) is 0 Å². The Balaban J connectivity index is 1.34. The van der Waals surface area contributed by atoms with Crippen LogP contribution < -0.4 is 5.32 Å². The molecule has 2 fully saturated rings. The third-order valence-electron chi connectivity index (χ3n) is 5.46. The summed E-state index contributed by atoms with van der Waals surface area (Å²) in [4.78, 5) is 41.5. The van der Waals surface area contributed by atoms with Gasteiger partial charge in [-0.2, -0.15) is 0 Å². The van der Waals surface area contributed by atoms with Gasteiger partial charge in [0, 0.05) is 43.2 Å². The first-order chi connectivity index (χ1) is 14.1. The number of hydrogen-bond acceptors (Lipinski definition) is 4. The van der Waals surface area contributed by atoms with Crippen molar-refractivity contribution in [1.82, 2.24) is 9.80 Å². The summed E-state index contributed by atoms with van der Waals surface area (Å²) < 4.78 is 0. The van der Waals surface area contributed by atoms with E-state index < -0.39 is 0 Å². The lowest BCUT2D eigenvalue weighted by Crippen LogP contribution is -2.50. The van der Waals surface area contributed by atoms with Gasteiger partial charge in [-0.3, -0.25) is 19.3 Å². The second-order valence-corrected chi connectivity index (χ2v) is 7.66. The number of hydrogen-bond donors (Lipinski definition) is 1. The molecule has 1 N–H and O–H groups in total. The van der Waals surface area contributed by atoms with Crippen LogP contribution in [0.3, 0.4) is 0 Å². The molecule has 1 heterocycles. The molecule has 2 aromatic carbocycles. The number of rotatable bonds is 6. The van der Waals surface area contributed by atoms with Crippen LogP contribution in [0.1, 0.15) is 28.8 Å². The smallest absolute Gasteiger partial charge is 0.238 e. The number of benzene rings is 2. The SMILES string of the molecule is O=C(CN1CCN(C(=O)C2CC2)CC1)Nc1ccccc1C(=O)c1ccccc1. The van der Waals surface area contributed by atoms with Crippen molar-refractivity contribution in [1.29, 1.82) is 0 Å². The van der Waals surface area contributed by atoms with Gasteiger partial charge in [-0.15, -0.1) is 0 Å². The molecule has 0 spiro atoms. The maximum atomic E-state index is 12.8. The van der Waals surface area contributed by atoms with Gasteiger partial charge in [0.1, 0.15) is 0 Å². The molecule has 0 radical (unpaired) electrons. The molecule has 2 aliphatic rings. The van der Waals surface area contributed by atoms with Crippen LogP contribution in [0.2, 0.25) is 0 Å². The van der Waals surface area contributed by atoms with Crippen molar-refractivity contribution in [3.8, 4) is 0 Å². The largest absolute Gasteiger partial charge is 0.340 e. The normalized spacial score (nSPS) is 17.0. The average Bonchev–Trinajstić information content (AvgIpc) is 3.60. The standard InChI is InChI=1S/C23H25N3O3/c27-21(16-25-12-14-26(15-13-25)23(29)18-10-11-18)24-20-9-5-4-8-19(20)22(28)17-6-2-1-3-7-17/h1-9,18H,10-16H2,(H,24,27). The molecule has 6 nitrogen and oxygen atoms in total. The van der Waals surface area contributed by atoms with Gasteiger partial charge in [0.25, 0.3) is 0 Å². The van der Waals surface area contributed by atoms with Crippen molar-refractivity contribution in [3.63, 3.8) is 0 Å². The number of nitrogens with one attached hydrogen (secondary N) is 1. The van der Waals surface area contributed by atoms with E-state index in [9.17, 15) is 14.4 Å². The zero-order valence-electron chi connectivity index (χ0n) is 16.3. The number of carbonyl (C=O) groups excluding carboxylic acids is 3. The quantitative estimate of drug-likeness (QED) is 0.768. The van der Waals surface area contributed by atoms with Crippen LogP contribution in [-0.2, 0) is 9.59 Å². The minimum atomic E-state index is -0.153. The minimum absolute atomic E-state index is 0.117. The number of nitrogens with zero attached hydrogens (tertiary/aromatic N) is 2. The Kier molecular flexibility index (Phi) is 5.71. The lowest BCUT2D eigenvalue weighted by molar-refractivity contribution is -0.134. The fourth-order valence-corrected chi connectivity index (χ4v) is 3.64. The highest BCUT2D eigenvalue weighted by atomic mass is 16.2. The molecule has 2 aromatic rings. The van der Waals surface area contributed by atoms with E-state index >= 15 is 0 Å². The summed E-state index contributed by atoms with van der Waals surface area (Å²) in [6, 6.07) is 16.1. The van der Waals surface area contributed by atoms with Crippen molar-refractivity contribution in [2.24, 2.45) is 5.92 Å². The van der Waals surface area contributed by atoms with E-state index in [-0.39, 0.29) is 30.1 Å². The highest BCUT2D eigenvalue weighted by Crippen LogP contribution is 2.31. The molecular weight excluding hydrogens is 366 g/mol. The van der Waals surface area contributed by atoms with E-state index in [0.29, 0.717) is 43.0 Å². The Labute approximate surface area is 170 Å². The van der Waals surface area contributed by atoms with Crippen LogP contribution >= 0.6 is 0 Å². The third-order valence-corrected chi connectivity index (χ3v) is 5.46. The number of piperazine rings is 1. The lowest BCUT2D eigenvalue weighted by Gasteiger charge is -2.34. The molecule has 1 saturated heterocycles. The Morgan fingerprint density at radius 1 is 0.862 bits per heavy atom. The summed E-state index contributed by atoms with van der Waals surface area (Å²) in [6.07, 6.45) is 2.03. The fraction of sp³-hybridized carbons (Fsp3) is 0.348. The maximum Gasteiger partial charge on any atom is 0.238 e. The summed E-state index contributed by atoms with van der Waals surface area (Å²) in [6.45, 7) is 2.98. The summed E-state index contributed by atoms with van der Waals surface area (Å²) in [5.74, 6) is 0.236. The first kappa shape index (κ1) is 19.3. The zero-order valence-corrected chi connectivity index (χ0v) is 16.3. The van der Waals surface area contributed by atoms with Crippen molar-refractivity contribution >= 4 is 23.3 Å². The minimum Gasteiger partial charge on any atom is -0.340 e. The Morgan fingerprint density at radius 3 is 2.21 bits per heavy atom. The van der Waals surface area contributed by atoms with Gasteiger partial charge in [0.15, 0.2) is 5.78 Å². The molecule has 6 heteroatoms. The summed E-state index contributed by atoms with van der Waals surface area (Å²) in [5.41, 5.74) is 1.59. The highest BCUT2D eigenvalue weighted by molar-refractivity contribution is 6.13. The van der Waals surface area contributed by atoms with Gasteiger partial charge in [-0.25, -0.2) is 0 Å². The molecule has 150 valence electrons. The number of amides is 2. The summed E-state index contributed by atoms with van der Waals surface area (Å²) >= 11 is 0. The first-order valence-electron chi connectivity index (χ1n) is 10.1. The van der Waals surface area contributed by atoms with E-state index in [1.165, 1.54) is 0 Å². The molecule has 0 aromatic heterocycles. The van der Waals surface area contributed by atoms with E-state index in [4.69, 9.17) is 0 Å². The van der Waals surface area contributed by atoms with Crippen LogP contribution in [0.4, 0.5) is 5.69 Å². The van der Waals surface area contributed by atoms with Crippen molar-refractivity contribution in [2.75, 3.05) is 38.0 Å². The van der Waals surface area contributed by atoms with E-state index in [1.54, 1.807) is 36.4 Å². The monoisotopic (exact) mass is 391 g/mol. The second kappa shape index (κ2) is 8.57. The van der Waals surface area contributed by atoms with Crippen molar-refractivity contribution in [2.45, 2.75) is 12.8 Å². The number of ketones is 1. The maximum absolute atomic E-state index is 12.8. The summed E-state index contributed by atoms with van der Waals surface area (Å²) in [7, 11) is 0. The fourth-order valence-electron chi connectivity index (χ4n) is 3.64. The van der Waals surface area contributed by atoms with Crippen LogP contribution in [0, 0.1) is 5.92 Å². The molecule has 0 unspecified atom stereocenters. The van der Waals surface area contributed by atoms with Crippen LogP contribution in [-0.4, -0.2) is 60.1 Å². The summed E-state index contributed by atoms with van der Waals surface area (Å²) in [5, 5.41) is 2.89. The van der Waals surface area contributed by atoms with E-state index in [2.05, 4.69) is 5.32 Å². The van der Waals surface area contributed by atoms with Gasteiger partial charge < -0.3 is 10.2 Å². The van der Waals surface area contributed by atoms with Crippen molar-refractivity contribution in [3.05, 3.63) is 65.7 Å². The topological polar surface area (TPSA) is 69.7 Å². The Bertz CT molecular complexity index is 901. The molecule has 0 atom stereocenters. The molecular formula is C23H25N3O3. The third kappa shape index (κ3) is 4.71. The molecule has 29 heavy (non-hydrogen) atoms. The molecule has 2 amide bonds. The second-order valence-electron chi connectivity index (χ2n) is 7.66. The van der Waals surface area contributed by atoms with Crippen molar-refractivity contribution < 1.29 is 14.4 Å². The zero-order chi connectivity index (χ0) is 20.2. The van der Waals surface area contributed by atoms with Gasteiger partial charge in [0.05, 0.1) is 12.2 Å². The molecule has 1 aliphatic carbocycles. The number of anilines is 1. The van der Waals surface area contributed by atoms with Crippen LogP contribution in [0.5, 0.6) is 0 Å². The first-order valence-corrected chi connectivity index (χ1v) is 10.1. The predicted octanol–water partition coefficient (Wildman–Crippen LogP) is 2.41. The number of carbonyl (C=O) groups is 3. The molecule has 1 aliphatic heterocycles. The molecule has 1 saturated carbocycles. The van der Waals surface area contributed by atoms with Gasteiger partial charge in [-0.05, 0) is 25.0 Å². The van der Waals surface area contributed by atoms with Gasteiger partial charge >= 0.3 is 0 Å². The van der Waals surface area contributed by atoms with E-state index in [1.807, 2.05) is 28.0 Å². The van der Waals surface area contributed by atoms with Crippen LogP contribution in [0.15, 0.2) is 54.6 Å². The lowest BCUT2D eigenvalue weighted by atomic mass is 10.0. The van der Waals surface area contributed by atoms with Gasteiger partial charge in [0.2, 0.25) is 11.8 Å². The predicted molar refractivity (Wildman–Crippen MR) is 111 cm³/mol. The Morgan fingerprint density at radius 2 is 1.52 bits per heavy atom. The number of para-hydroxylation sites is 1. The average molecular weight is 391 g/mol. The van der Waals surface area contributed by atoms with Gasteiger partial charge in [-0.1, -0.05) is 42.5 Å². The Hall–Kier alpha value is -2.99.